The fourth-order valence-electron chi connectivity index (χ4n) is 3.92. The van der Waals surface area contributed by atoms with E-state index in [1.54, 1.807) is 6.07 Å². The molecule has 2 aromatic rings. The summed E-state index contributed by atoms with van der Waals surface area (Å²) >= 11 is 0. The van der Waals surface area contributed by atoms with Crippen molar-refractivity contribution >= 4 is 10.0 Å². The van der Waals surface area contributed by atoms with E-state index in [0.717, 1.165) is 22.4 Å². The monoisotopic (exact) mass is 392 g/mol. The van der Waals surface area contributed by atoms with Gasteiger partial charge in [-0.05, 0) is 38.0 Å². The van der Waals surface area contributed by atoms with Crippen LogP contribution >= 0.6 is 0 Å². The Bertz CT molecular complexity index is 931. The Hall–Kier alpha value is -1.74. The van der Waals surface area contributed by atoms with Crippen LogP contribution < -0.4 is 0 Å². The van der Waals surface area contributed by atoms with Gasteiger partial charge in [0, 0.05) is 31.5 Å². The van der Waals surface area contributed by atoms with Gasteiger partial charge in [-0.15, -0.1) is 0 Å². The van der Waals surface area contributed by atoms with Gasteiger partial charge in [0.25, 0.3) is 0 Å². The van der Waals surface area contributed by atoms with Gasteiger partial charge < -0.3 is 14.0 Å². The molecule has 2 fully saturated rings. The normalized spacial score (nSPS) is 20.4. The van der Waals surface area contributed by atoms with Crippen molar-refractivity contribution in [3.05, 3.63) is 35.2 Å². The van der Waals surface area contributed by atoms with Gasteiger partial charge in [-0.2, -0.15) is 4.31 Å². The van der Waals surface area contributed by atoms with E-state index in [1.165, 1.54) is 4.31 Å². The molecule has 146 valence electrons. The molecule has 0 N–H and O–H groups in total. The molecule has 0 aliphatic carbocycles. The zero-order valence-corrected chi connectivity index (χ0v) is 16.6. The van der Waals surface area contributed by atoms with E-state index in [4.69, 9.17) is 14.0 Å². The Balaban J connectivity index is 1.65. The first-order chi connectivity index (χ1) is 12.8. The largest absolute Gasteiger partial charge is 0.361 e. The number of hydrogen-bond donors (Lipinski definition) is 0. The molecule has 7 nitrogen and oxygen atoms in total. The molecule has 0 unspecified atom stereocenters. The van der Waals surface area contributed by atoms with Gasteiger partial charge in [0.05, 0.1) is 23.8 Å². The van der Waals surface area contributed by atoms with Gasteiger partial charge in [0.1, 0.15) is 5.76 Å². The summed E-state index contributed by atoms with van der Waals surface area (Å²) < 4.78 is 44.8. The minimum atomic E-state index is -3.61. The van der Waals surface area contributed by atoms with Crippen molar-refractivity contribution in [2.24, 2.45) is 0 Å². The summed E-state index contributed by atoms with van der Waals surface area (Å²) in [6, 6.07) is 5.47. The lowest BCUT2D eigenvalue weighted by Crippen LogP contribution is -2.47. The number of benzene rings is 1. The lowest BCUT2D eigenvalue weighted by molar-refractivity contribution is -0.179. The van der Waals surface area contributed by atoms with Crippen LogP contribution in [0.2, 0.25) is 0 Å². The Kier molecular flexibility index (Phi) is 4.62. The summed E-state index contributed by atoms with van der Waals surface area (Å²) in [4.78, 5) is 0.323. The number of sulfonamides is 1. The van der Waals surface area contributed by atoms with E-state index in [2.05, 4.69) is 5.16 Å². The number of ether oxygens (including phenoxy) is 2. The van der Waals surface area contributed by atoms with E-state index in [0.29, 0.717) is 49.8 Å². The summed E-state index contributed by atoms with van der Waals surface area (Å²) in [6.45, 7) is 7.42. The van der Waals surface area contributed by atoms with Gasteiger partial charge in [-0.25, -0.2) is 8.42 Å². The number of piperidine rings is 1. The van der Waals surface area contributed by atoms with Crippen LogP contribution in [0, 0.1) is 20.8 Å². The van der Waals surface area contributed by atoms with Crippen molar-refractivity contribution in [3.8, 4) is 11.1 Å². The Labute approximate surface area is 159 Å². The SMILES string of the molecule is Cc1ccc(-c2c(C)noc2C)cc1S(=O)(=O)N1CCC2(CC1)OCCO2. The zero-order valence-electron chi connectivity index (χ0n) is 15.8. The van der Waals surface area contributed by atoms with E-state index in [9.17, 15) is 8.42 Å². The highest BCUT2D eigenvalue weighted by atomic mass is 32.2. The molecule has 1 aromatic heterocycles. The van der Waals surface area contributed by atoms with Crippen LogP contribution in [0.4, 0.5) is 0 Å². The quantitative estimate of drug-likeness (QED) is 0.799. The van der Waals surface area contributed by atoms with E-state index in [1.807, 2.05) is 32.9 Å². The predicted molar refractivity (Wildman–Crippen MR) is 98.8 cm³/mol. The third kappa shape index (κ3) is 3.20. The summed E-state index contributed by atoms with van der Waals surface area (Å²) in [6.07, 6.45) is 1.10. The molecular weight excluding hydrogens is 368 g/mol. The molecular formula is C19H24N2O5S. The second kappa shape index (κ2) is 6.70. The zero-order chi connectivity index (χ0) is 19.2. The van der Waals surface area contributed by atoms with Gasteiger partial charge in [-0.3, -0.25) is 0 Å². The molecule has 1 aromatic carbocycles. The van der Waals surface area contributed by atoms with Crippen LogP contribution in [0.25, 0.3) is 11.1 Å². The van der Waals surface area contributed by atoms with Gasteiger partial charge in [0.15, 0.2) is 5.79 Å². The molecule has 0 radical (unpaired) electrons. The fraction of sp³-hybridized carbons (Fsp3) is 0.526. The van der Waals surface area contributed by atoms with Crippen molar-refractivity contribution in [1.82, 2.24) is 9.46 Å². The standard InChI is InChI=1S/C19H24N2O5S/c1-13-4-5-16(18-14(2)20-26-15(18)3)12-17(13)27(22,23)21-8-6-19(7-9-21)24-10-11-25-19/h4-5,12H,6-11H2,1-3H3. The maximum atomic E-state index is 13.3. The maximum absolute atomic E-state index is 13.3. The minimum absolute atomic E-state index is 0.323. The molecule has 2 aliphatic heterocycles. The molecule has 0 bridgehead atoms. The third-order valence-electron chi connectivity index (χ3n) is 5.43. The number of rotatable bonds is 3. The highest BCUT2D eigenvalue weighted by Gasteiger charge is 2.43. The lowest BCUT2D eigenvalue weighted by Gasteiger charge is -2.37. The number of aromatic nitrogens is 1. The molecule has 0 saturated carbocycles. The first-order valence-electron chi connectivity index (χ1n) is 9.14. The molecule has 8 heteroatoms. The highest BCUT2D eigenvalue weighted by molar-refractivity contribution is 7.89. The minimum Gasteiger partial charge on any atom is -0.361 e. The van der Waals surface area contributed by atoms with E-state index >= 15 is 0 Å². The smallest absolute Gasteiger partial charge is 0.243 e. The van der Waals surface area contributed by atoms with Crippen molar-refractivity contribution in [2.45, 2.75) is 44.3 Å². The van der Waals surface area contributed by atoms with Gasteiger partial charge >= 0.3 is 0 Å². The van der Waals surface area contributed by atoms with Crippen LogP contribution in [-0.4, -0.2) is 50.0 Å². The predicted octanol–water partition coefficient (Wildman–Crippen LogP) is 2.79. The van der Waals surface area contributed by atoms with Crippen molar-refractivity contribution in [1.29, 1.82) is 0 Å². The Morgan fingerprint density at radius 2 is 1.74 bits per heavy atom. The Morgan fingerprint density at radius 3 is 2.33 bits per heavy atom. The van der Waals surface area contributed by atoms with Crippen molar-refractivity contribution in [2.75, 3.05) is 26.3 Å². The first kappa shape index (κ1) is 18.6. The second-order valence-electron chi connectivity index (χ2n) is 7.19. The van der Waals surface area contributed by atoms with Crippen LogP contribution in [-0.2, 0) is 19.5 Å². The van der Waals surface area contributed by atoms with E-state index in [-0.39, 0.29) is 0 Å². The average Bonchev–Trinajstić information content (AvgIpc) is 3.23. The summed E-state index contributed by atoms with van der Waals surface area (Å²) in [7, 11) is -3.61. The van der Waals surface area contributed by atoms with Gasteiger partial charge in [0.2, 0.25) is 10.0 Å². The van der Waals surface area contributed by atoms with Crippen molar-refractivity contribution < 1.29 is 22.4 Å². The molecule has 4 rings (SSSR count). The molecule has 2 saturated heterocycles. The molecule has 0 atom stereocenters. The van der Waals surface area contributed by atoms with Crippen molar-refractivity contribution in [3.63, 3.8) is 0 Å². The van der Waals surface area contributed by atoms with Crippen LogP contribution in [0.5, 0.6) is 0 Å². The highest BCUT2D eigenvalue weighted by Crippen LogP contribution is 2.35. The average molecular weight is 392 g/mol. The number of nitrogens with zero attached hydrogens (tertiary/aromatic N) is 2. The number of aryl methyl sites for hydroxylation is 3. The molecule has 1 spiro atoms. The fourth-order valence-corrected chi connectivity index (χ4v) is 5.61. The van der Waals surface area contributed by atoms with Crippen LogP contribution in [0.15, 0.2) is 27.6 Å². The lowest BCUT2D eigenvalue weighted by atomic mass is 10.0. The Morgan fingerprint density at radius 1 is 1.07 bits per heavy atom. The molecule has 0 amide bonds. The third-order valence-corrected chi connectivity index (χ3v) is 7.47. The summed E-state index contributed by atoms with van der Waals surface area (Å²) in [5, 5.41) is 3.97. The topological polar surface area (TPSA) is 81.9 Å². The van der Waals surface area contributed by atoms with E-state index < -0.39 is 15.8 Å². The number of hydrogen-bond acceptors (Lipinski definition) is 6. The first-order valence-corrected chi connectivity index (χ1v) is 10.6. The van der Waals surface area contributed by atoms with Gasteiger partial charge in [-0.1, -0.05) is 17.3 Å². The molecule has 27 heavy (non-hydrogen) atoms. The van der Waals surface area contributed by atoms with Crippen LogP contribution in [0.3, 0.4) is 0 Å². The molecule has 2 aliphatic rings. The second-order valence-corrected chi connectivity index (χ2v) is 9.10. The van der Waals surface area contributed by atoms with Crippen LogP contribution in [0.1, 0.15) is 29.9 Å². The summed E-state index contributed by atoms with van der Waals surface area (Å²) in [5.41, 5.74) is 3.11. The maximum Gasteiger partial charge on any atom is 0.243 e. The molecule has 3 heterocycles. The summed E-state index contributed by atoms with van der Waals surface area (Å²) in [5.74, 6) is 0.0784.